The van der Waals surface area contributed by atoms with Crippen molar-refractivity contribution in [3.63, 3.8) is 0 Å². The van der Waals surface area contributed by atoms with Crippen molar-refractivity contribution in [3.05, 3.63) is 35.9 Å². The van der Waals surface area contributed by atoms with Gasteiger partial charge in [0.25, 0.3) is 0 Å². The molecule has 4 nitrogen and oxygen atoms in total. The van der Waals surface area contributed by atoms with Gasteiger partial charge in [0.1, 0.15) is 0 Å². The fourth-order valence-electron chi connectivity index (χ4n) is 4.67. The largest absolute Gasteiger partial charge is 0.465 e. The molecule has 0 radical (unpaired) electrons. The molecule has 0 aliphatic carbocycles. The van der Waals surface area contributed by atoms with Crippen LogP contribution in [0.5, 0.6) is 0 Å². The third kappa shape index (κ3) is 19.9. The molecule has 0 aliphatic rings. The van der Waals surface area contributed by atoms with Crippen molar-refractivity contribution in [2.75, 3.05) is 13.2 Å². The Hall–Kier alpha value is -1.84. The van der Waals surface area contributed by atoms with Gasteiger partial charge in [0, 0.05) is 6.42 Å². The molecule has 0 bridgehead atoms. The van der Waals surface area contributed by atoms with Crippen LogP contribution in [0, 0.1) is 5.92 Å². The van der Waals surface area contributed by atoms with Gasteiger partial charge in [-0.3, -0.25) is 4.79 Å². The molecule has 0 spiro atoms. The number of hydrogen-bond donors (Lipinski definition) is 0. The summed E-state index contributed by atoms with van der Waals surface area (Å²) in [6, 6.07) is 9.21. The lowest BCUT2D eigenvalue weighted by atomic mass is 10.0. The van der Waals surface area contributed by atoms with E-state index in [1.54, 1.807) is 12.1 Å². The molecule has 0 fully saturated rings. The van der Waals surface area contributed by atoms with E-state index in [1.807, 2.05) is 18.2 Å². The highest BCUT2D eigenvalue weighted by molar-refractivity contribution is 5.89. The first-order chi connectivity index (χ1) is 18.2. The number of unbranched alkanes of at least 4 members (excludes halogenated alkanes) is 15. The summed E-state index contributed by atoms with van der Waals surface area (Å²) in [5.74, 6) is 0.328. The van der Waals surface area contributed by atoms with E-state index in [1.165, 1.54) is 89.9 Å². The fraction of sp³-hybridized carbons (Fsp3) is 0.758. The molecule has 0 aromatic heterocycles. The minimum absolute atomic E-state index is 0.000658. The average molecular weight is 517 g/mol. The van der Waals surface area contributed by atoms with Crippen LogP contribution >= 0.6 is 0 Å². The van der Waals surface area contributed by atoms with Crippen molar-refractivity contribution < 1.29 is 19.1 Å². The van der Waals surface area contributed by atoms with Crippen molar-refractivity contribution in [1.29, 1.82) is 0 Å². The second-order valence-corrected chi connectivity index (χ2v) is 10.7. The fourth-order valence-corrected chi connectivity index (χ4v) is 4.67. The predicted molar refractivity (Wildman–Crippen MR) is 155 cm³/mol. The van der Waals surface area contributed by atoms with E-state index in [0.717, 1.165) is 32.1 Å². The standard InChI is InChI=1S/C33H56O4/c1-3-5-24-30(4-2)29-37-32(34)27-22-17-15-13-11-9-7-6-8-10-12-14-16-18-23-28-36-33(35)31-25-20-19-21-26-31/h19-21,25-26,30H,3-18,22-24,27-29H2,1-2H3. The molecule has 1 rings (SSSR count). The van der Waals surface area contributed by atoms with E-state index in [-0.39, 0.29) is 11.9 Å². The van der Waals surface area contributed by atoms with Gasteiger partial charge in [-0.15, -0.1) is 0 Å². The van der Waals surface area contributed by atoms with Gasteiger partial charge in [-0.05, 0) is 37.3 Å². The Kier molecular flexibility index (Phi) is 22.0. The SMILES string of the molecule is CCCCC(CC)COC(=O)CCCCCCCCCCCCCCCCCOC(=O)c1ccccc1. The van der Waals surface area contributed by atoms with E-state index in [0.29, 0.717) is 31.1 Å². The van der Waals surface area contributed by atoms with Crippen LogP contribution in [-0.4, -0.2) is 25.2 Å². The normalized spacial score (nSPS) is 11.8. The summed E-state index contributed by atoms with van der Waals surface area (Å²) in [6.45, 7) is 5.54. The number of rotatable bonds is 25. The minimum atomic E-state index is -0.212. The first-order valence-corrected chi connectivity index (χ1v) is 15.5. The molecule has 1 unspecified atom stereocenters. The highest BCUT2D eigenvalue weighted by Gasteiger charge is 2.10. The maximum Gasteiger partial charge on any atom is 0.338 e. The number of carbonyl (C=O) groups excluding carboxylic acids is 2. The van der Waals surface area contributed by atoms with Crippen LogP contribution in [0.15, 0.2) is 30.3 Å². The number of ether oxygens (including phenoxy) is 2. The smallest absolute Gasteiger partial charge is 0.338 e. The minimum Gasteiger partial charge on any atom is -0.465 e. The topological polar surface area (TPSA) is 52.6 Å². The number of carbonyl (C=O) groups is 2. The van der Waals surface area contributed by atoms with Crippen LogP contribution in [0.25, 0.3) is 0 Å². The summed E-state index contributed by atoms with van der Waals surface area (Å²) in [6.07, 6.45) is 24.0. The molecule has 1 aromatic carbocycles. The van der Waals surface area contributed by atoms with Gasteiger partial charge in [-0.2, -0.15) is 0 Å². The Labute approximate surface area is 228 Å². The molecule has 0 saturated carbocycles. The van der Waals surface area contributed by atoms with Crippen molar-refractivity contribution >= 4 is 11.9 Å². The van der Waals surface area contributed by atoms with E-state index in [9.17, 15) is 9.59 Å². The molecular weight excluding hydrogens is 460 g/mol. The molecule has 0 N–H and O–H groups in total. The predicted octanol–water partition coefficient (Wildman–Crippen LogP) is 9.84. The Balaban J connectivity index is 1.77. The molecule has 0 amide bonds. The van der Waals surface area contributed by atoms with Crippen LogP contribution in [0.1, 0.15) is 153 Å². The van der Waals surface area contributed by atoms with Gasteiger partial charge in [-0.25, -0.2) is 4.79 Å². The second-order valence-electron chi connectivity index (χ2n) is 10.7. The number of hydrogen-bond acceptors (Lipinski definition) is 4. The van der Waals surface area contributed by atoms with Crippen molar-refractivity contribution in [2.45, 2.75) is 142 Å². The van der Waals surface area contributed by atoms with Gasteiger partial charge in [0.05, 0.1) is 18.8 Å². The second kappa shape index (κ2) is 24.5. The van der Waals surface area contributed by atoms with Crippen molar-refractivity contribution in [2.24, 2.45) is 5.92 Å². The molecule has 4 heteroatoms. The van der Waals surface area contributed by atoms with Gasteiger partial charge in [-0.1, -0.05) is 135 Å². The third-order valence-corrected chi connectivity index (χ3v) is 7.29. The van der Waals surface area contributed by atoms with Crippen LogP contribution in [0.4, 0.5) is 0 Å². The van der Waals surface area contributed by atoms with Crippen LogP contribution in [0.2, 0.25) is 0 Å². The maximum absolute atomic E-state index is 11.9. The lowest BCUT2D eigenvalue weighted by Gasteiger charge is -2.14. The number of benzene rings is 1. The van der Waals surface area contributed by atoms with Crippen LogP contribution in [-0.2, 0) is 14.3 Å². The summed E-state index contributed by atoms with van der Waals surface area (Å²) >= 11 is 0. The van der Waals surface area contributed by atoms with E-state index in [2.05, 4.69) is 13.8 Å². The Bertz CT molecular complexity index is 658. The monoisotopic (exact) mass is 516 g/mol. The molecule has 0 heterocycles. The lowest BCUT2D eigenvalue weighted by Crippen LogP contribution is -2.13. The molecule has 1 atom stereocenters. The van der Waals surface area contributed by atoms with E-state index in [4.69, 9.17) is 9.47 Å². The Morgan fingerprint density at radius 1 is 0.649 bits per heavy atom. The quantitative estimate of drug-likeness (QED) is 0.0958. The van der Waals surface area contributed by atoms with Crippen molar-refractivity contribution in [3.8, 4) is 0 Å². The van der Waals surface area contributed by atoms with Crippen LogP contribution in [0.3, 0.4) is 0 Å². The van der Waals surface area contributed by atoms with E-state index >= 15 is 0 Å². The lowest BCUT2D eigenvalue weighted by molar-refractivity contribution is -0.145. The van der Waals surface area contributed by atoms with Crippen molar-refractivity contribution in [1.82, 2.24) is 0 Å². The van der Waals surface area contributed by atoms with Gasteiger partial charge in [0.15, 0.2) is 0 Å². The first-order valence-electron chi connectivity index (χ1n) is 15.5. The zero-order valence-electron chi connectivity index (χ0n) is 24.2. The first kappa shape index (κ1) is 33.2. The van der Waals surface area contributed by atoms with Crippen LogP contribution < -0.4 is 0 Å². The van der Waals surface area contributed by atoms with Gasteiger partial charge < -0.3 is 9.47 Å². The molecule has 212 valence electrons. The summed E-state index contributed by atoms with van der Waals surface area (Å²) in [5, 5.41) is 0. The zero-order chi connectivity index (χ0) is 26.8. The third-order valence-electron chi connectivity index (χ3n) is 7.29. The van der Waals surface area contributed by atoms with Gasteiger partial charge >= 0.3 is 11.9 Å². The Morgan fingerprint density at radius 3 is 1.68 bits per heavy atom. The average Bonchev–Trinajstić information content (AvgIpc) is 2.92. The Morgan fingerprint density at radius 2 is 1.16 bits per heavy atom. The molecule has 0 aliphatic heterocycles. The molecule has 37 heavy (non-hydrogen) atoms. The molecular formula is C33H56O4. The highest BCUT2D eigenvalue weighted by atomic mass is 16.5. The molecule has 0 saturated heterocycles. The summed E-state index contributed by atoms with van der Waals surface area (Å²) < 4.78 is 10.8. The number of esters is 2. The highest BCUT2D eigenvalue weighted by Crippen LogP contribution is 2.15. The summed E-state index contributed by atoms with van der Waals surface area (Å²) in [4.78, 5) is 23.8. The summed E-state index contributed by atoms with van der Waals surface area (Å²) in [5.41, 5.74) is 0.634. The van der Waals surface area contributed by atoms with E-state index < -0.39 is 0 Å². The summed E-state index contributed by atoms with van der Waals surface area (Å²) in [7, 11) is 0. The van der Waals surface area contributed by atoms with Gasteiger partial charge in [0.2, 0.25) is 0 Å². The zero-order valence-corrected chi connectivity index (χ0v) is 24.2. The maximum atomic E-state index is 11.9. The molecule has 1 aromatic rings.